The van der Waals surface area contributed by atoms with Crippen LogP contribution in [0.5, 0.6) is 0 Å². The van der Waals surface area contributed by atoms with Crippen molar-refractivity contribution < 1.29 is 28.6 Å². The molecule has 1 atom stereocenters. The molecule has 0 saturated carbocycles. The quantitative estimate of drug-likeness (QED) is 0.0261. The molecule has 0 aromatic carbocycles. The SMILES string of the molecule is CC/C=C\C/C=C\C/C=C\C/C=C\C/C=C\C/C=C\C/C=C\CCCCCCCCCC(=O)OCC(COC(=O)CCCCCCCCCCCCCCC)OC(=O)CCCCCCC/C=C\C/C=C\CCCC. The van der Waals surface area contributed by atoms with Crippen molar-refractivity contribution in [3.05, 3.63) is 109 Å². The van der Waals surface area contributed by atoms with Gasteiger partial charge in [0.1, 0.15) is 13.2 Å². The lowest BCUT2D eigenvalue weighted by Gasteiger charge is -2.18. The van der Waals surface area contributed by atoms with Crippen molar-refractivity contribution in [2.45, 2.75) is 290 Å². The highest BCUT2D eigenvalue weighted by atomic mass is 16.6. The van der Waals surface area contributed by atoms with E-state index >= 15 is 0 Å². The molecule has 0 spiro atoms. The Morgan fingerprint density at radius 1 is 0.284 bits per heavy atom. The van der Waals surface area contributed by atoms with Crippen LogP contribution in [0.25, 0.3) is 0 Å². The van der Waals surface area contributed by atoms with Gasteiger partial charge in [-0.1, -0.05) is 271 Å². The molecule has 0 saturated heterocycles. The van der Waals surface area contributed by atoms with Crippen LogP contribution in [0, 0.1) is 0 Å². The number of rotatable bonds is 55. The van der Waals surface area contributed by atoms with Gasteiger partial charge in [0.25, 0.3) is 0 Å². The molecule has 0 aliphatic rings. The molecule has 0 bridgehead atoms. The molecule has 0 rings (SSSR count). The first-order chi connectivity index (χ1) is 36.5. The van der Waals surface area contributed by atoms with Crippen LogP contribution in [0.15, 0.2) is 109 Å². The van der Waals surface area contributed by atoms with Crippen LogP contribution < -0.4 is 0 Å². The van der Waals surface area contributed by atoms with Crippen molar-refractivity contribution in [3.8, 4) is 0 Å². The second-order valence-corrected chi connectivity index (χ2v) is 20.2. The third-order valence-corrected chi connectivity index (χ3v) is 13.0. The molecule has 0 heterocycles. The van der Waals surface area contributed by atoms with Gasteiger partial charge >= 0.3 is 17.9 Å². The number of unbranched alkanes of at least 4 members (excludes halogenated alkanes) is 26. The molecule has 0 aliphatic carbocycles. The maximum atomic E-state index is 12.9. The Hall–Kier alpha value is -3.93. The first-order valence-corrected chi connectivity index (χ1v) is 30.9. The molecule has 74 heavy (non-hydrogen) atoms. The summed E-state index contributed by atoms with van der Waals surface area (Å²) in [5, 5.41) is 0. The molecular formula is C68H114O6. The summed E-state index contributed by atoms with van der Waals surface area (Å²) in [4.78, 5) is 38.2. The summed E-state index contributed by atoms with van der Waals surface area (Å²) in [7, 11) is 0. The molecule has 0 aromatic rings. The van der Waals surface area contributed by atoms with E-state index in [1.54, 1.807) is 0 Å². The largest absolute Gasteiger partial charge is 0.462 e. The highest BCUT2D eigenvalue weighted by molar-refractivity contribution is 5.71. The van der Waals surface area contributed by atoms with Crippen LogP contribution >= 0.6 is 0 Å². The number of esters is 3. The third kappa shape index (κ3) is 59.0. The van der Waals surface area contributed by atoms with Crippen molar-refractivity contribution in [1.29, 1.82) is 0 Å². The van der Waals surface area contributed by atoms with Crippen molar-refractivity contribution in [2.24, 2.45) is 0 Å². The van der Waals surface area contributed by atoms with Crippen molar-refractivity contribution in [2.75, 3.05) is 13.2 Å². The minimum atomic E-state index is -0.790. The van der Waals surface area contributed by atoms with Gasteiger partial charge in [-0.15, -0.1) is 0 Å². The van der Waals surface area contributed by atoms with Gasteiger partial charge in [-0.05, 0) is 103 Å². The zero-order chi connectivity index (χ0) is 53.6. The van der Waals surface area contributed by atoms with Gasteiger partial charge in [0, 0.05) is 19.3 Å². The summed E-state index contributed by atoms with van der Waals surface area (Å²) in [5.41, 5.74) is 0. The number of hydrogen-bond acceptors (Lipinski definition) is 6. The van der Waals surface area contributed by atoms with E-state index in [4.69, 9.17) is 14.2 Å². The molecule has 6 nitrogen and oxygen atoms in total. The van der Waals surface area contributed by atoms with Gasteiger partial charge in [-0.25, -0.2) is 0 Å². The first kappa shape index (κ1) is 70.1. The number of allylic oxidation sites excluding steroid dienone is 18. The molecule has 0 radical (unpaired) electrons. The van der Waals surface area contributed by atoms with Crippen molar-refractivity contribution in [3.63, 3.8) is 0 Å². The zero-order valence-corrected chi connectivity index (χ0v) is 48.3. The monoisotopic (exact) mass is 1030 g/mol. The van der Waals surface area contributed by atoms with Crippen molar-refractivity contribution >= 4 is 17.9 Å². The van der Waals surface area contributed by atoms with E-state index < -0.39 is 6.10 Å². The van der Waals surface area contributed by atoms with Crippen LogP contribution in [0.4, 0.5) is 0 Å². The Kier molecular flexibility index (Phi) is 58.3. The third-order valence-electron chi connectivity index (χ3n) is 13.0. The topological polar surface area (TPSA) is 78.9 Å². The Morgan fingerprint density at radius 3 is 0.865 bits per heavy atom. The van der Waals surface area contributed by atoms with Gasteiger partial charge < -0.3 is 14.2 Å². The number of carbonyl (C=O) groups is 3. The highest BCUT2D eigenvalue weighted by Crippen LogP contribution is 2.15. The minimum absolute atomic E-state index is 0.0857. The lowest BCUT2D eigenvalue weighted by molar-refractivity contribution is -0.167. The van der Waals surface area contributed by atoms with E-state index in [0.717, 1.165) is 135 Å². The maximum Gasteiger partial charge on any atom is 0.306 e. The number of carbonyl (C=O) groups excluding carboxylic acids is 3. The second kappa shape index (κ2) is 61.6. The van der Waals surface area contributed by atoms with Crippen LogP contribution in [0.1, 0.15) is 284 Å². The van der Waals surface area contributed by atoms with E-state index in [-0.39, 0.29) is 31.1 Å². The molecule has 0 aliphatic heterocycles. The van der Waals surface area contributed by atoms with Gasteiger partial charge in [-0.2, -0.15) is 0 Å². The van der Waals surface area contributed by atoms with E-state index in [1.807, 2.05) is 0 Å². The van der Waals surface area contributed by atoms with Crippen LogP contribution in [0.2, 0.25) is 0 Å². The van der Waals surface area contributed by atoms with Crippen molar-refractivity contribution in [1.82, 2.24) is 0 Å². The Labute approximate surface area is 457 Å². The van der Waals surface area contributed by atoms with Gasteiger partial charge in [0.2, 0.25) is 0 Å². The summed E-state index contributed by atoms with van der Waals surface area (Å²) in [6.07, 6.45) is 83.7. The maximum absolute atomic E-state index is 12.9. The summed E-state index contributed by atoms with van der Waals surface area (Å²) >= 11 is 0. The zero-order valence-electron chi connectivity index (χ0n) is 48.3. The first-order valence-electron chi connectivity index (χ1n) is 30.9. The fourth-order valence-corrected chi connectivity index (χ4v) is 8.38. The van der Waals surface area contributed by atoms with Crippen LogP contribution in [0.3, 0.4) is 0 Å². The minimum Gasteiger partial charge on any atom is -0.462 e. The summed E-state index contributed by atoms with van der Waals surface area (Å²) in [5.74, 6) is -0.907. The second-order valence-electron chi connectivity index (χ2n) is 20.2. The van der Waals surface area contributed by atoms with Gasteiger partial charge in [0.15, 0.2) is 6.10 Å². The summed E-state index contributed by atoms with van der Waals surface area (Å²) < 4.78 is 16.9. The van der Waals surface area contributed by atoms with E-state index in [0.29, 0.717) is 19.3 Å². The average molecular weight is 1030 g/mol. The van der Waals surface area contributed by atoms with E-state index in [9.17, 15) is 14.4 Å². The van der Waals surface area contributed by atoms with Crippen LogP contribution in [-0.4, -0.2) is 37.2 Å². The molecule has 0 amide bonds. The highest BCUT2D eigenvalue weighted by Gasteiger charge is 2.19. The molecule has 1 unspecified atom stereocenters. The molecule has 0 aromatic heterocycles. The molecule has 0 N–H and O–H groups in total. The normalized spacial score (nSPS) is 12.9. The van der Waals surface area contributed by atoms with E-state index in [2.05, 4.69) is 130 Å². The lowest BCUT2D eigenvalue weighted by Crippen LogP contribution is -2.30. The summed E-state index contributed by atoms with van der Waals surface area (Å²) in [6, 6.07) is 0. The van der Waals surface area contributed by atoms with E-state index in [1.165, 1.54) is 109 Å². The van der Waals surface area contributed by atoms with Gasteiger partial charge in [0.05, 0.1) is 0 Å². The predicted octanol–water partition coefficient (Wildman–Crippen LogP) is 21.0. The van der Waals surface area contributed by atoms with Gasteiger partial charge in [-0.3, -0.25) is 14.4 Å². The fourth-order valence-electron chi connectivity index (χ4n) is 8.38. The number of ether oxygens (including phenoxy) is 3. The smallest absolute Gasteiger partial charge is 0.306 e. The summed E-state index contributed by atoms with van der Waals surface area (Å²) in [6.45, 7) is 6.47. The molecule has 0 fully saturated rings. The predicted molar refractivity (Wildman–Crippen MR) is 320 cm³/mol. The molecule has 6 heteroatoms. The average Bonchev–Trinajstić information content (AvgIpc) is 3.40. The lowest BCUT2D eigenvalue weighted by atomic mass is 10.0. The fraction of sp³-hybridized carbons (Fsp3) is 0.691. The Bertz CT molecular complexity index is 1510. The standard InChI is InChI=1S/C68H114O6/c1-4-7-10-13-16-19-22-25-27-28-29-30-31-32-33-34-35-36-37-38-39-40-41-44-46-49-52-55-58-61-67(70)73-64-65(63-72-66(69)60-57-54-51-48-45-42-24-21-18-15-12-9-6-3)74-68(71)62-59-56-53-50-47-43-26-23-20-17-14-11-8-5-2/h7,10,14,16-17,19,23,25-27,29-30,32-33,35-36,38-39,65H,4-6,8-9,11-13,15,18,20-22,24,28,31,34,37,40-64H2,1-3H3/b10-7-,17-14-,19-16-,26-23-,27-25-,30-29-,33-32-,36-35-,39-38-. The Balaban J connectivity index is 4.31. The number of hydrogen-bond donors (Lipinski definition) is 0. The molecular weight excluding hydrogens is 913 g/mol. The van der Waals surface area contributed by atoms with Crippen LogP contribution in [-0.2, 0) is 28.6 Å². The Morgan fingerprint density at radius 2 is 0.541 bits per heavy atom. The molecule has 422 valence electrons.